The van der Waals surface area contributed by atoms with E-state index < -0.39 is 5.97 Å². The van der Waals surface area contributed by atoms with Gasteiger partial charge in [-0.05, 0) is 31.7 Å². The molecule has 0 saturated carbocycles. The number of nitrogens with zero attached hydrogens (tertiary/aromatic N) is 3. The van der Waals surface area contributed by atoms with E-state index in [1.165, 1.54) is 11.3 Å². The number of hydrogen-bond acceptors (Lipinski definition) is 6. The predicted molar refractivity (Wildman–Crippen MR) is 93.3 cm³/mol. The molecule has 2 heterocycles. The maximum atomic E-state index is 12.8. The third-order valence-electron chi connectivity index (χ3n) is 3.64. The highest BCUT2D eigenvalue weighted by Gasteiger charge is 2.21. The largest absolute Gasteiger partial charge is 0.461 e. The number of fused-ring (bicyclic) bond motifs is 1. The first-order valence-electron chi connectivity index (χ1n) is 7.91. The molecule has 0 spiro atoms. The fourth-order valence-corrected chi connectivity index (χ4v) is 3.51. The Balaban J connectivity index is 2.44. The van der Waals surface area contributed by atoms with Crippen LogP contribution >= 0.6 is 11.3 Å². The highest BCUT2D eigenvalue weighted by Crippen LogP contribution is 2.28. The van der Waals surface area contributed by atoms with Crippen molar-refractivity contribution in [2.24, 2.45) is 5.92 Å². The van der Waals surface area contributed by atoms with Crippen LogP contribution in [-0.2, 0) is 11.3 Å². The van der Waals surface area contributed by atoms with Gasteiger partial charge in [0.15, 0.2) is 0 Å². The Morgan fingerprint density at radius 3 is 2.75 bits per heavy atom. The first-order chi connectivity index (χ1) is 11.4. The van der Waals surface area contributed by atoms with Gasteiger partial charge in [-0.25, -0.2) is 9.78 Å². The van der Waals surface area contributed by atoms with Crippen LogP contribution in [0.1, 0.15) is 47.7 Å². The molecule has 6 nitrogen and oxygen atoms in total. The second kappa shape index (κ2) is 7.58. The SMILES string of the molecule is Cc1c(C(=O)OCC(C)C)sc2nc(C)n(CCCC#N)c(=O)c12. The van der Waals surface area contributed by atoms with E-state index in [2.05, 4.69) is 11.1 Å². The van der Waals surface area contributed by atoms with Gasteiger partial charge >= 0.3 is 5.97 Å². The zero-order valence-electron chi connectivity index (χ0n) is 14.4. The minimum absolute atomic E-state index is 0.160. The van der Waals surface area contributed by atoms with Crippen molar-refractivity contribution in [3.05, 3.63) is 26.6 Å². The van der Waals surface area contributed by atoms with Crippen molar-refractivity contribution in [1.82, 2.24) is 9.55 Å². The molecule has 0 N–H and O–H groups in total. The fourth-order valence-electron chi connectivity index (χ4n) is 2.40. The zero-order chi connectivity index (χ0) is 17.9. The van der Waals surface area contributed by atoms with E-state index in [4.69, 9.17) is 10.00 Å². The molecule has 0 saturated heterocycles. The Hall–Kier alpha value is -2.20. The molecule has 0 aromatic carbocycles. The number of hydrogen-bond donors (Lipinski definition) is 0. The maximum absolute atomic E-state index is 12.8. The second-order valence-corrected chi connectivity index (χ2v) is 7.11. The number of ether oxygens (including phenoxy) is 1. The standard InChI is InChI=1S/C17H21N3O3S/c1-10(2)9-23-17(22)14-11(3)13-15(24-14)19-12(4)20(16(13)21)8-6-5-7-18/h10H,5-6,8-9H2,1-4H3. The molecule has 0 aliphatic heterocycles. The molecule has 0 amide bonds. The summed E-state index contributed by atoms with van der Waals surface area (Å²) in [6.45, 7) is 8.24. The second-order valence-electron chi connectivity index (χ2n) is 6.11. The summed E-state index contributed by atoms with van der Waals surface area (Å²) in [5.41, 5.74) is 0.461. The lowest BCUT2D eigenvalue weighted by Gasteiger charge is -2.08. The highest BCUT2D eigenvalue weighted by atomic mass is 32.1. The molecule has 24 heavy (non-hydrogen) atoms. The molecular formula is C17H21N3O3S. The predicted octanol–water partition coefficient (Wildman–Crippen LogP) is 3.19. The summed E-state index contributed by atoms with van der Waals surface area (Å²) >= 11 is 1.20. The topological polar surface area (TPSA) is 85.0 Å². The average molecular weight is 347 g/mol. The summed E-state index contributed by atoms with van der Waals surface area (Å²) in [7, 11) is 0. The van der Waals surface area contributed by atoms with E-state index in [1.807, 2.05) is 13.8 Å². The van der Waals surface area contributed by atoms with E-state index in [1.54, 1.807) is 18.4 Å². The van der Waals surface area contributed by atoms with Crippen LogP contribution in [0.4, 0.5) is 0 Å². The van der Waals surface area contributed by atoms with Crippen LogP contribution in [0.5, 0.6) is 0 Å². The lowest BCUT2D eigenvalue weighted by Crippen LogP contribution is -2.24. The number of unbranched alkanes of at least 4 members (excludes halogenated alkanes) is 1. The number of aromatic nitrogens is 2. The van der Waals surface area contributed by atoms with Gasteiger partial charge in [-0.15, -0.1) is 11.3 Å². The van der Waals surface area contributed by atoms with E-state index >= 15 is 0 Å². The number of nitriles is 1. The zero-order valence-corrected chi connectivity index (χ0v) is 15.2. The van der Waals surface area contributed by atoms with Gasteiger partial charge in [0.25, 0.3) is 5.56 Å². The Bertz CT molecular complexity index is 859. The Kier molecular flexibility index (Phi) is 5.73. The van der Waals surface area contributed by atoms with Crippen LogP contribution < -0.4 is 5.56 Å². The fraction of sp³-hybridized carbons (Fsp3) is 0.529. The van der Waals surface area contributed by atoms with Crippen LogP contribution in [0.15, 0.2) is 4.79 Å². The van der Waals surface area contributed by atoms with Gasteiger partial charge in [-0.1, -0.05) is 13.8 Å². The first kappa shape index (κ1) is 18.1. The molecule has 2 rings (SSSR count). The van der Waals surface area contributed by atoms with Gasteiger partial charge in [0, 0.05) is 13.0 Å². The number of aryl methyl sites for hydroxylation is 2. The van der Waals surface area contributed by atoms with Crippen molar-refractivity contribution >= 4 is 27.5 Å². The van der Waals surface area contributed by atoms with Gasteiger partial charge in [-0.3, -0.25) is 9.36 Å². The third-order valence-corrected chi connectivity index (χ3v) is 4.81. The third kappa shape index (κ3) is 3.65. The van der Waals surface area contributed by atoms with Crippen LogP contribution in [0.2, 0.25) is 0 Å². The lowest BCUT2D eigenvalue weighted by atomic mass is 10.2. The number of carbonyl (C=O) groups excluding carboxylic acids is 1. The first-order valence-corrected chi connectivity index (χ1v) is 8.73. The van der Waals surface area contributed by atoms with E-state index in [0.717, 1.165) is 0 Å². The molecule has 128 valence electrons. The smallest absolute Gasteiger partial charge is 0.348 e. The van der Waals surface area contributed by atoms with Gasteiger partial charge in [0.1, 0.15) is 15.5 Å². The van der Waals surface area contributed by atoms with E-state index in [-0.39, 0.29) is 11.5 Å². The van der Waals surface area contributed by atoms with Crippen molar-refractivity contribution in [3.8, 4) is 6.07 Å². The van der Waals surface area contributed by atoms with Crippen molar-refractivity contribution in [2.75, 3.05) is 6.61 Å². The molecule has 0 bridgehead atoms. The van der Waals surface area contributed by atoms with Crippen molar-refractivity contribution < 1.29 is 9.53 Å². The quantitative estimate of drug-likeness (QED) is 0.592. The van der Waals surface area contributed by atoms with Crippen LogP contribution in [0, 0.1) is 31.1 Å². The number of thiophene rings is 1. The lowest BCUT2D eigenvalue weighted by molar-refractivity contribution is 0.0464. The molecule has 0 atom stereocenters. The summed E-state index contributed by atoms with van der Waals surface area (Å²) in [4.78, 5) is 30.5. The van der Waals surface area contributed by atoms with Gasteiger partial charge < -0.3 is 4.74 Å². The molecule has 0 unspecified atom stereocenters. The Morgan fingerprint density at radius 2 is 2.12 bits per heavy atom. The molecule has 7 heteroatoms. The normalized spacial score (nSPS) is 11.0. The molecule has 0 fully saturated rings. The summed E-state index contributed by atoms with van der Waals surface area (Å²) < 4.78 is 6.85. The molecule has 2 aromatic rings. The molecule has 2 aromatic heterocycles. The van der Waals surface area contributed by atoms with Crippen LogP contribution in [-0.4, -0.2) is 22.1 Å². The van der Waals surface area contributed by atoms with Gasteiger partial charge in [0.05, 0.1) is 18.1 Å². The molecule has 0 radical (unpaired) electrons. The number of esters is 1. The summed E-state index contributed by atoms with van der Waals surface area (Å²) in [5.74, 6) is 0.437. The van der Waals surface area contributed by atoms with Crippen molar-refractivity contribution in [3.63, 3.8) is 0 Å². The van der Waals surface area contributed by atoms with Gasteiger partial charge in [-0.2, -0.15) is 5.26 Å². The Labute approximate surface area is 144 Å². The highest BCUT2D eigenvalue weighted by molar-refractivity contribution is 7.20. The molecule has 0 aliphatic rings. The molecule has 0 aliphatic carbocycles. The maximum Gasteiger partial charge on any atom is 0.348 e. The van der Waals surface area contributed by atoms with Crippen LogP contribution in [0.3, 0.4) is 0 Å². The summed E-state index contributed by atoms with van der Waals surface area (Å²) in [6.07, 6.45) is 0.982. The van der Waals surface area contributed by atoms with E-state index in [9.17, 15) is 9.59 Å². The molecular weight excluding hydrogens is 326 g/mol. The number of carbonyl (C=O) groups is 1. The van der Waals surface area contributed by atoms with Crippen molar-refractivity contribution in [1.29, 1.82) is 5.26 Å². The average Bonchev–Trinajstić information content (AvgIpc) is 2.85. The summed E-state index contributed by atoms with van der Waals surface area (Å²) in [5, 5.41) is 9.12. The minimum atomic E-state index is -0.405. The van der Waals surface area contributed by atoms with Crippen LogP contribution in [0.25, 0.3) is 10.2 Å². The summed E-state index contributed by atoms with van der Waals surface area (Å²) in [6, 6.07) is 2.07. The van der Waals surface area contributed by atoms with Gasteiger partial charge in [0.2, 0.25) is 0 Å². The number of rotatable bonds is 6. The van der Waals surface area contributed by atoms with E-state index in [0.29, 0.717) is 52.5 Å². The minimum Gasteiger partial charge on any atom is -0.461 e. The Morgan fingerprint density at radius 1 is 1.42 bits per heavy atom. The van der Waals surface area contributed by atoms with Crippen molar-refractivity contribution in [2.45, 2.75) is 47.1 Å². The monoisotopic (exact) mass is 347 g/mol.